The zero-order valence-corrected chi connectivity index (χ0v) is 12.1. The molecule has 0 aliphatic rings. The Morgan fingerprint density at radius 1 is 1.09 bits per heavy atom. The monoisotopic (exact) mass is 295 g/mol. The van der Waals surface area contributed by atoms with Crippen molar-refractivity contribution in [1.29, 1.82) is 5.39 Å². The molecule has 0 aliphatic carbocycles. The number of esters is 1. The van der Waals surface area contributed by atoms with E-state index in [1.54, 1.807) is 55.5 Å². The predicted octanol–water partition coefficient (Wildman–Crippen LogP) is 3.37. The van der Waals surface area contributed by atoms with Gasteiger partial charge in [0.05, 0.1) is 12.2 Å². The van der Waals surface area contributed by atoms with Gasteiger partial charge in [0.25, 0.3) is 0 Å². The molecule has 0 N–H and O–H groups in total. The van der Waals surface area contributed by atoms with Gasteiger partial charge in [-0.15, -0.1) is 0 Å². The molecular weight excluding hydrogens is 280 g/mol. The summed E-state index contributed by atoms with van der Waals surface area (Å²) >= 11 is 0. The van der Waals surface area contributed by atoms with Crippen molar-refractivity contribution >= 4 is 11.8 Å². The molecule has 5 heteroatoms. The second-order valence-electron chi connectivity index (χ2n) is 4.55. The van der Waals surface area contributed by atoms with Crippen molar-refractivity contribution in [2.75, 3.05) is 6.61 Å². The van der Waals surface area contributed by atoms with E-state index in [1.165, 1.54) is 0 Å². The van der Waals surface area contributed by atoms with E-state index in [4.69, 9.17) is 10.1 Å². The van der Waals surface area contributed by atoms with E-state index in [1.807, 2.05) is 6.07 Å². The van der Waals surface area contributed by atoms with Crippen LogP contribution in [0.1, 0.15) is 34.5 Å². The van der Waals surface area contributed by atoms with Crippen LogP contribution in [0.3, 0.4) is 0 Å². The third-order valence-corrected chi connectivity index (χ3v) is 3.16. The minimum Gasteiger partial charge on any atom is -0.460 e. The van der Waals surface area contributed by atoms with Crippen molar-refractivity contribution in [3.05, 3.63) is 76.3 Å². The van der Waals surface area contributed by atoms with Crippen molar-refractivity contribution < 1.29 is 14.3 Å². The minimum absolute atomic E-state index is 0.166. The molecule has 0 bridgehead atoms. The van der Waals surface area contributed by atoms with E-state index in [9.17, 15) is 9.59 Å². The lowest BCUT2D eigenvalue weighted by atomic mass is 9.94. The van der Waals surface area contributed by atoms with Gasteiger partial charge in [0.1, 0.15) is 4.98 Å². The molecular formula is C17H15N2O3+. The summed E-state index contributed by atoms with van der Waals surface area (Å²) in [7, 11) is 0. The van der Waals surface area contributed by atoms with Crippen molar-refractivity contribution in [3.63, 3.8) is 0 Å². The fraction of sp³-hybridized carbons (Fsp3) is 0.176. The molecule has 0 fully saturated rings. The molecule has 22 heavy (non-hydrogen) atoms. The molecule has 2 aromatic carbocycles. The van der Waals surface area contributed by atoms with E-state index in [-0.39, 0.29) is 12.4 Å². The first-order chi connectivity index (χ1) is 10.7. The number of hydrogen-bond acceptors (Lipinski definition) is 4. The summed E-state index contributed by atoms with van der Waals surface area (Å²) in [5, 5.41) is 9.17. The summed E-state index contributed by atoms with van der Waals surface area (Å²) in [5.74, 6) is -0.938. The molecule has 0 heterocycles. The highest BCUT2D eigenvalue weighted by atomic mass is 16.5. The van der Waals surface area contributed by atoms with Gasteiger partial charge in [0, 0.05) is 11.1 Å². The first-order valence-electron chi connectivity index (χ1n) is 6.88. The Labute approximate surface area is 128 Å². The van der Waals surface area contributed by atoms with Crippen molar-refractivity contribution in [1.82, 2.24) is 0 Å². The SMILES string of the molecule is CCOC(=O)C([N+]#N)c1ccccc1C(=O)c1ccccc1. The normalized spacial score (nSPS) is 11.3. The third-order valence-electron chi connectivity index (χ3n) is 3.16. The van der Waals surface area contributed by atoms with Crippen LogP contribution < -0.4 is 0 Å². The summed E-state index contributed by atoms with van der Waals surface area (Å²) in [6.45, 7) is 1.83. The maximum atomic E-state index is 12.6. The van der Waals surface area contributed by atoms with Crippen LogP contribution in [0.4, 0.5) is 0 Å². The van der Waals surface area contributed by atoms with E-state index in [0.29, 0.717) is 16.7 Å². The van der Waals surface area contributed by atoms with E-state index in [0.717, 1.165) is 0 Å². The van der Waals surface area contributed by atoms with Gasteiger partial charge in [-0.25, -0.2) is 4.79 Å². The molecule has 0 aliphatic heterocycles. The van der Waals surface area contributed by atoms with Crippen LogP contribution in [0, 0.1) is 5.39 Å². The number of carbonyl (C=O) groups excluding carboxylic acids is 2. The molecule has 0 saturated carbocycles. The van der Waals surface area contributed by atoms with Crippen LogP contribution in [0.2, 0.25) is 0 Å². The van der Waals surface area contributed by atoms with Gasteiger partial charge in [-0.1, -0.05) is 48.5 Å². The average molecular weight is 295 g/mol. The van der Waals surface area contributed by atoms with E-state index in [2.05, 4.69) is 4.98 Å². The first kappa shape index (κ1) is 15.4. The fourth-order valence-electron chi connectivity index (χ4n) is 2.14. The number of carbonyl (C=O) groups is 2. The summed E-state index contributed by atoms with van der Waals surface area (Å²) in [5.41, 5.74) is 1.12. The van der Waals surface area contributed by atoms with Gasteiger partial charge in [-0.2, -0.15) is 0 Å². The highest BCUT2D eigenvalue weighted by molar-refractivity contribution is 6.10. The lowest BCUT2D eigenvalue weighted by molar-refractivity contribution is -0.143. The smallest absolute Gasteiger partial charge is 0.433 e. The predicted molar refractivity (Wildman–Crippen MR) is 80.8 cm³/mol. The molecule has 1 unspecified atom stereocenters. The Kier molecular flexibility index (Phi) is 4.99. The zero-order valence-electron chi connectivity index (χ0n) is 12.1. The van der Waals surface area contributed by atoms with Gasteiger partial charge in [-0.3, -0.25) is 4.79 Å². The van der Waals surface area contributed by atoms with Crippen LogP contribution in [0.25, 0.3) is 4.98 Å². The van der Waals surface area contributed by atoms with Gasteiger partial charge in [0.15, 0.2) is 5.78 Å². The Balaban J connectivity index is 2.45. The maximum absolute atomic E-state index is 12.6. The number of hydrogen-bond donors (Lipinski definition) is 0. The van der Waals surface area contributed by atoms with Crippen LogP contribution >= 0.6 is 0 Å². The van der Waals surface area contributed by atoms with Crippen molar-refractivity contribution in [2.24, 2.45) is 0 Å². The van der Waals surface area contributed by atoms with Gasteiger partial charge >= 0.3 is 12.0 Å². The van der Waals surface area contributed by atoms with Gasteiger partial charge in [0.2, 0.25) is 5.39 Å². The second kappa shape index (κ2) is 7.14. The summed E-state index contributed by atoms with van der Waals surface area (Å²) in [6.07, 6.45) is 0. The Morgan fingerprint density at radius 3 is 2.36 bits per heavy atom. The summed E-state index contributed by atoms with van der Waals surface area (Å²) < 4.78 is 4.89. The molecule has 2 aromatic rings. The fourth-order valence-corrected chi connectivity index (χ4v) is 2.14. The second-order valence-corrected chi connectivity index (χ2v) is 4.55. The maximum Gasteiger partial charge on any atom is 0.433 e. The van der Waals surface area contributed by atoms with E-state index >= 15 is 0 Å². The molecule has 0 amide bonds. The Bertz CT molecular complexity index is 720. The van der Waals surface area contributed by atoms with Crippen LogP contribution in [-0.2, 0) is 9.53 Å². The minimum atomic E-state index is -1.23. The lowest BCUT2D eigenvalue weighted by Crippen LogP contribution is -2.16. The zero-order chi connectivity index (χ0) is 15.9. The average Bonchev–Trinajstić information content (AvgIpc) is 2.56. The van der Waals surface area contributed by atoms with Gasteiger partial charge < -0.3 is 4.74 Å². The molecule has 0 saturated heterocycles. The number of rotatable bonds is 5. The quantitative estimate of drug-likeness (QED) is 0.481. The molecule has 1 atom stereocenters. The Hall–Kier alpha value is -3.00. The first-order valence-corrected chi connectivity index (χ1v) is 6.88. The standard InChI is InChI=1S/C17H15N2O3/c1-2-22-17(21)15(19-18)13-10-6-7-11-14(13)16(20)12-8-4-3-5-9-12/h3-11,15H,2H2,1H3/q+1. The highest BCUT2D eigenvalue weighted by Crippen LogP contribution is 2.25. The molecule has 0 radical (unpaired) electrons. The topological polar surface area (TPSA) is 71.5 Å². The molecule has 110 valence electrons. The number of diazo groups is 1. The van der Waals surface area contributed by atoms with Crippen LogP contribution in [0.5, 0.6) is 0 Å². The lowest BCUT2D eigenvalue weighted by Gasteiger charge is -2.07. The number of ketones is 1. The largest absolute Gasteiger partial charge is 0.460 e. The van der Waals surface area contributed by atoms with Crippen LogP contribution in [-0.4, -0.2) is 18.4 Å². The van der Waals surface area contributed by atoms with Crippen molar-refractivity contribution in [3.8, 4) is 0 Å². The Morgan fingerprint density at radius 2 is 1.73 bits per heavy atom. The number of benzene rings is 2. The van der Waals surface area contributed by atoms with E-state index < -0.39 is 12.0 Å². The van der Waals surface area contributed by atoms with Gasteiger partial charge in [-0.05, 0) is 13.0 Å². The van der Waals surface area contributed by atoms with Crippen molar-refractivity contribution in [2.45, 2.75) is 13.0 Å². The number of nitrogens with zero attached hydrogens (tertiary/aromatic N) is 2. The third kappa shape index (κ3) is 3.18. The highest BCUT2D eigenvalue weighted by Gasteiger charge is 2.37. The number of ether oxygens (including phenoxy) is 1. The molecule has 0 aromatic heterocycles. The van der Waals surface area contributed by atoms with Crippen LogP contribution in [0.15, 0.2) is 54.6 Å². The summed E-state index contributed by atoms with van der Waals surface area (Å²) in [6, 6.07) is 14.0. The molecule has 5 nitrogen and oxygen atoms in total. The molecule has 0 spiro atoms. The summed E-state index contributed by atoms with van der Waals surface area (Å²) in [4.78, 5) is 27.6. The molecule has 2 rings (SSSR count).